The zero-order valence-corrected chi connectivity index (χ0v) is 18.8. The zero-order valence-electron chi connectivity index (χ0n) is 18.0. The predicted octanol–water partition coefficient (Wildman–Crippen LogP) is 6.36. The number of hydrogen-bond acceptors (Lipinski definition) is 3. The molecular formula is C27H24ClNO3. The van der Waals surface area contributed by atoms with Crippen molar-refractivity contribution in [3.8, 4) is 0 Å². The first-order chi connectivity index (χ1) is 15.4. The first-order valence-electron chi connectivity index (χ1n) is 10.5. The number of rotatable bonds is 7. The van der Waals surface area contributed by atoms with Gasteiger partial charge < -0.3 is 8.98 Å². The number of ketones is 1. The third-order valence-corrected chi connectivity index (χ3v) is 6.02. The van der Waals surface area contributed by atoms with Gasteiger partial charge in [-0.1, -0.05) is 59.6 Å². The average Bonchev–Trinajstić information content (AvgIpc) is 3.32. The Morgan fingerprint density at radius 2 is 1.59 bits per heavy atom. The van der Waals surface area contributed by atoms with E-state index in [9.17, 15) is 9.59 Å². The van der Waals surface area contributed by atoms with E-state index in [-0.39, 0.29) is 29.7 Å². The summed E-state index contributed by atoms with van der Waals surface area (Å²) in [7, 11) is 0. The molecule has 0 spiro atoms. The molecule has 32 heavy (non-hydrogen) atoms. The maximum atomic E-state index is 13.1. The molecule has 0 saturated carbocycles. The lowest BCUT2D eigenvalue weighted by atomic mass is 9.82. The smallest absolute Gasteiger partial charge is 0.251 e. The quantitative estimate of drug-likeness (QED) is 0.311. The van der Waals surface area contributed by atoms with Crippen LogP contribution in [0.2, 0.25) is 5.02 Å². The van der Waals surface area contributed by atoms with Gasteiger partial charge in [0, 0.05) is 29.1 Å². The second kappa shape index (κ2) is 9.41. The minimum Gasteiger partial charge on any atom is -0.461 e. The van der Waals surface area contributed by atoms with E-state index in [0.717, 1.165) is 22.4 Å². The molecule has 0 radical (unpaired) electrons. The number of nitrogens with zero attached hydrogens (tertiary/aromatic N) is 1. The summed E-state index contributed by atoms with van der Waals surface area (Å²) in [5.74, 6) is -0.121. The highest BCUT2D eigenvalue weighted by molar-refractivity contribution is 6.30. The molecule has 4 aromatic rings. The van der Waals surface area contributed by atoms with Gasteiger partial charge in [0.2, 0.25) is 0 Å². The Labute approximate surface area is 192 Å². The molecule has 0 unspecified atom stereocenters. The van der Waals surface area contributed by atoms with Crippen LogP contribution < -0.4 is 5.56 Å². The molecule has 0 aliphatic rings. The van der Waals surface area contributed by atoms with E-state index in [0.29, 0.717) is 10.8 Å². The molecule has 2 atom stereocenters. The van der Waals surface area contributed by atoms with Gasteiger partial charge in [-0.3, -0.25) is 9.59 Å². The van der Waals surface area contributed by atoms with Crippen molar-refractivity contribution < 1.29 is 9.21 Å². The molecule has 0 amide bonds. The minimum atomic E-state index is -0.385. The summed E-state index contributed by atoms with van der Waals surface area (Å²) in [6, 6.07) is 23.8. The van der Waals surface area contributed by atoms with Gasteiger partial charge in [-0.2, -0.15) is 0 Å². The SMILES string of the molecule is Cc1ccc([C@@H]([C@H](CC(=O)c2ccco2)c2ccc(Cl)cc2)n2c(C)cccc2=O)cc1. The molecule has 5 heteroatoms. The van der Waals surface area contributed by atoms with Gasteiger partial charge in [0.15, 0.2) is 11.5 Å². The number of aromatic nitrogens is 1. The van der Waals surface area contributed by atoms with Crippen LogP contribution in [-0.4, -0.2) is 10.4 Å². The van der Waals surface area contributed by atoms with Crippen molar-refractivity contribution in [2.24, 2.45) is 0 Å². The zero-order chi connectivity index (χ0) is 22.7. The molecule has 2 aromatic carbocycles. The maximum absolute atomic E-state index is 13.1. The summed E-state index contributed by atoms with van der Waals surface area (Å²) in [5.41, 5.74) is 3.72. The number of halogens is 1. The second-order valence-electron chi connectivity index (χ2n) is 7.99. The van der Waals surface area contributed by atoms with Gasteiger partial charge in [0.1, 0.15) is 0 Å². The van der Waals surface area contributed by atoms with Crippen LogP contribution in [0.3, 0.4) is 0 Å². The third kappa shape index (κ3) is 4.61. The highest BCUT2D eigenvalue weighted by atomic mass is 35.5. The minimum absolute atomic E-state index is 0.111. The summed E-state index contributed by atoms with van der Waals surface area (Å²) in [5, 5.41) is 0.616. The lowest BCUT2D eigenvalue weighted by Crippen LogP contribution is -2.31. The summed E-state index contributed by atoms with van der Waals surface area (Å²) in [4.78, 5) is 26.2. The Morgan fingerprint density at radius 1 is 0.906 bits per heavy atom. The first-order valence-corrected chi connectivity index (χ1v) is 10.9. The lowest BCUT2D eigenvalue weighted by molar-refractivity contribution is 0.0940. The number of Topliss-reactive ketones (excluding diaryl/α,β-unsaturated/α-hetero) is 1. The molecule has 4 rings (SSSR count). The van der Waals surface area contributed by atoms with Gasteiger partial charge in [0.25, 0.3) is 5.56 Å². The number of carbonyl (C=O) groups is 1. The number of carbonyl (C=O) groups excluding carboxylic acids is 1. The fourth-order valence-electron chi connectivity index (χ4n) is 4.14. The predicted molar refractivity (Wildman–Crippen MR) is 127 cm³/mol. The fourth-order valence-corrected chi connectivity index (χ4v) is 4.27. The molecular weight excluding hydrogens is 422 g/mol. The fraction of sp³-hybridized carbons (Fsp3) is 0.185. The Hall–Kier alpha value is -3.37. The Bertz CT molecular complexity index is 1260. The van der Waals surface area contributed by atoms with E-state index in [4.69, 9.17) is 16.0 Å². The Balaban J connectivity index is 1.91. The van der Waals surface area contributed by atoms with Crippen LogP contribution in [0.4, 0.5) is 0 Å². The largest absolute Gasteiger partial charge is 0.461 e. The van der Waals surface area contributed by atoms with Crippen molar-refractivity contribution in [3.05, 3.63) is 129 Å². The van der Waals surface area contributed by atoms with Crippen molar-refractivity contribution in [1.82, 2.24) is 4.57 Å². The molecule has 2 aromatic heterocycles. The number of aryl methyl sites for hydroxylation is 2. The Morgan fingerprint density at radius 3 is 2.22 bits per heavy atom. The summed E-state index contributed by atoms with van der Waals surface area (Å²) >= 11 is 6.15. The highest BCUT2D eigenvalue weighted by Gasteiger charge is 2.31. The van der Waals surface area contributed by atoms with Crippen molar-refractivity contribution in [2.45, 2.75) is 32.2 Å². The van der Waals surface area contributed by atoms with Crippen molar-refractivity contribution in [1.29, 1.82) is 0 Å². The first kappa shape index (κ1) is 21.8. The maximum Gasteiger partial charge on any atom is 0.251 e. The van der Waals surface area contributed by atoms with Crippen LogP contribution >= 0.6 is 11.6 Å². The number of benzene rings is 2. The van der Waals surface area contributed by atoms with Gasteiger partial charge in [-0.25, -0.2) is 0 Å². The van der Waals surface area contributed by atoms with Crippen LogP contribution in [0.25, 0.3) is 0 Å². The number of furan rings is 1. The molecule has 0 N–H and O–H groups in total. The van der Waals surface area contributed by atoms with Crippen LogP contribution in [0.5, 0.6) is 0 Å². The van der Waals surface area contributed by atoms with E-state index in [1.54, 1.807) is 28.8 Å². The molecule has 0 aliphatic heterocycles. The van der Waals surface area contributed by atoms with Crippen molar-refractivity contribution in [2.75, 3.05) is 0 Å². The topological polar surface area (TPSA) is 52.2 Å². The number of hydrogen-bond donors (Lipinski definition) is 0. The van der Waals surface area contributed by atoms with E-state index in [1.807, 2.05) is 68.4 Å². The summed E-state index contributed by atoms with van der Waals surface area (Å²) in [6.07, 6.45) is 1.67. The summed E-state index contributed by atoms with van der Waals surface area (Å²) in [6.45, 7) is 3.94. The van der Waals surface area contributed by atoms with Crippen LogP contribution in [0.15, 0.2) is 94.3 Å². The summed E-state index contributed by atoms with van der Waals surface area (Å²) < 4.78 is 7.14. The van der Waals surface area contributed by atoms with E-state index >= 15 is 0 Å². The molecule has 0 saturated heterocycles. The third-order valence-electron chi connectivity index (χ3n) is 5.77. The monoisotopic (exact) mass is 445 g/mol. The number of pyridine rings is 1. The Kier molecular flexibility index (Phi) is 6.42. The molecule has 0 bridgehead atoms. The molecule has 4 nitrogen and oxygen atoms in total. The van der Waals surface area contributed by atoms with Gasteiger partial charge in [-0.05, 0) is 55.3 Å². The lowest BCUT2D eigenvalue weighted by Gasteiger charge is -2.31. The second-order valence-corrected chi connectivity index (χ2v) is 8.43. The highest BCUT2D eigenvalue weighted by Crippen LogP contribution is 2.38. The normalized spacial score (nSPS) is 13.0. The molecule has 2 heterocycles. The van der Waals surface area contributed by atoms with Crippen LogP contribution in [0, 0.1) is 13.8 Å². The average molecular weight is 446 g/mol. The van der Waals surface area contributed by atoms with Crippen LogP contribution in [-0.2, 0) is 0 Å². The van der Waals surface area contributed by atoms with Gasteiger partial charge in [0.05, 0.1) is 12.3 Å². The van der Waals surface area contributed by atoms with Crippen LogP contribution in [0.1, 0.15) is 51.3 Å². The standard InChI is InChI=1S/C27H24ClNO3/c1-18-8-10-21(11-9-18)27(29-19(2)5-3-7-26(29)31)23(20-12-14-22(28)15-13-20)17-24(30)25-6-4-16-32-25/h3-16,23,27H,17H2,1-2H3/t23-,27+/m1/s1. The van der Waals surface area contributed by atoms with E-state index in [1.165, 1.54) is 6.26 Å². The molecule has 0 aliphatic carbocycles. The molecule has 0 fully saturated rings. The van der Waals surface area contributed by atoms with Crippen molar-refractivity contribution in [3.63, 3.8) is 0 Å². The van der Waals surface area contributed by atoms with Gasteiger partial charge in [-0.15, -0.1) is 0 Å². The molecule has 162 valence electrons. The van der Waals surface area contributed by atoms with E-state index < -0.39 is 0 Å². The van der Waals surface area contributed by atoms with E-state index in [2.05, 4.69) is 0 Å². The van der Waals surface area contributed by atoms with Crippen molar-refractivity contribution >= 4 is 17.4 Å². The van der Waals surface area contributed by atoms with Gasteiger partial charge >= 0.3 is 0 Å².